The third-order valence-electron chi connectivity index (χ3n) is 3.73. The van der Waals surface area contributed by atoms with Gasteiger partial charge in [0.25, 0.3) is 0 Å². The third-order valence-corrected chi connectivity index (χ3v) is 4.80. The molecule has 0 spiro atoms. The molecular formula is C16H20ClN3OS. The summed E-state index contributed by atoms with van der Waals surface area (Å²) in [6, 6.07) is 9.42. The van der Waals surface area contributed by atoms with E-state index in [1.807, 2.05) is 30.3 Å². The molecule has 3 N–H and O–H groups in total. The smallest absolute Gasteiger partial charge is 0.228 e. The summed E-state index contributed by atoms with van der Waals surface area (Å²) < 4.78 is 0. The summed E-state index contributed by atoms with van der Waals surface area (Å²) in [4.78, 5) is 17.9. The van der Waals surface area contributed by atoms with E-state index in [0.717, 1.165) is 24.1 Å². The number of amides is 1. The molecule has 1 atom stereocenters. The Bertz CT molecular complexity index is 606. The third kappa shape index (κ3) is 4.06. The van der Waals surface area contributed by atoms with Crippen molar-refractivity contribution in [3.63, 3.8) is 0 Å². The van der Waals surface area contributed by atoms with Gasteiger partial charge in [0.15, 0.2) is 5.13 Å². The van der Waals surface area contributed by atoms with Crippen LogP contribution in [0, 0.1) is 0 Å². The molecular weight excluding hydrogens is 318 g/mol. The van der Waals surface area contributed by atoms with Crippen LogP contribution < -0.4 is 11.1 Å². The maximum absolute atomic E-state index is 12.1. The van der Waals surface area contributed by atoms with Gasteiger partial charge in [-0.1, -0.05) is 30.3 Å². The van der Waals surface area contributed by atoms with Crippen LogP contribution in [-0.2, 0) is 17.6 Å². The first-order valence-electron chi connectivity index (χ1n) is 7.31. The number of nitrogens with zero attached hydrogens (tertiary/aromatic N) is 1. The molecule has 3 rings (SSSR count). The molecule has 1 heterocycles. The number of halogens is 1. The zero-order chi connectivity index (χ0) is 14.7. The minimum atomic E-state index is -0.277. The minimum Gasteiger partial charge on any atom is -0.324 e. The maximum Gasteiger partial charge on any atom is 0.228 e. The zero-order valence-electron chi connectivity index (χ0n) is 12.2. The quantitative estimate of drug-likeness (QED) is 0.897. The van der Waals surface area contributed by atoms with Crippen molar-refractivity contribution in [2.45, 2.75) is 38.1 Å². The van der Waals surface area contributed by atoms with Gasteiger partial charge in [0, 0.05) is 17.3 Å². The summed E-state index contributed by atoms with van der Waals surface area (Å²) in [5.41, 5.74) is 8.21. The van der Waals surface area contributed by atoms with Gasteiger partial charge in [0.2, 0.25) is 5.91 Å². The summed E-state index contributed by atoms with van der Waals surface area (Å²) >= 11 is 1.60. The number of anilines is 1. The second-order valence-corrected chi connectivity index (χ2v) is 6.45. The number of thiazole rings is 1. The van der Waals surface area contributed by atoms with Crippen LogP contribution in [0.2, 0.25) is 0 Å². The molecule has 0 aliphatic heterocycles. The first-order chi connectivity index (χ1) is 10.2. The molecule has 0 bridgehead atoms. The highest BCUT2D eigenvalue weighted by Crippen LogP contribution is 2.29. The Morgan fingerprint density at radius 2 is 2.00 bits per heavy atom. The van der Waals surface area contributed by atoms with Crippen molar-refractivity contribution in [2.75, 3.05) is 5.32 Å². The van der Waals surface area contributed by atoms with Crippen LogP contribution in [0.4, 0.5) is 5.13 Å². The average Bonchev–Trinajstić information content (AvgIpc) is 2.90. The number of rotatable bonds is 4. The Morgan fingerprint density at radius 3 is 2.73 bits per heavy atom. The second-order valence-electron chi connectivity index (χ2n) is 5.37. The lowest BCUT2D eigenvalue weighted by Crippen LogP contribution is -2.20. The van der Waals surface area contributed by atoms with E-state index in [2.05, 4.69) is 10.3 Å². The van der Waals surface area contributed by atoms with Gasteiger partial charge >= 0.3 is 0 Å². The molecule has 6 heteroatoms. The molecule has 1 aromatic heterocycles. The number of aryl methyl sites for hydroxylation is 2. The average molecular weight is 338 g/mol. The van der Waals surface area contributed by atoms with Gasteiger partial charge in [-0.25, -0.2) is 4.98 Å². The van der Waals surface area contributed by atoms with Gasteiger partial charge < -0.3 is 11.1 Å². The molecule has 2 aromatic rings. The molecule has 1 aromatic carbocycles. The molecule has 0 fully saturated rings. The molecule has 1 aliphatic carbocycles. The van der Waals surface area contributed by atoms with Crippen molar-refractivity contribution >= 4 is 34.8 Å². The Morgan fingerprint density at radius 1 is 1.27 bits per heavy atom. The lowest BCUT2D eigenvalue weighted by atomic mass is 10.0. The lowest BCUT2D eigenvalue weighted by molar-refractivity contribution is -0.116. The minimum absolute atomic E-state index is 0. The largest absolute Gasteiger partial charge is 0.324 e. The highest BCUT2D eigenvalue weighted by molar-refractivity contribution is 7.15. The fourth-order valence-corrected chi connectivity index (χ4v) is 3.66. The SMILES string of the molecule is Cl.NC(CC(=O)Nc1nc2c(s1)CCCC2)c1ccccc1. The predicted octanol–water partition coefficient (Wildman–Crippen LogP) is 3.47. The van der Waals surface area contributed by atoms with Gasteiger partial charge in [0.1, 0.15) is 0 Å². The summed E-state index contributed by atoms with van der Waals surface area (Å²) in [7, 11) is 0. The van der Waals surface area contributed by atoms with Crippen molar-refractivity contribution < 1.29 is 4.79 Å². The Labute approximate surface area is 140 Å². The van der Waals surface area contributed by atoms with Crippen molar-refractivity contribution in [2.24, 2.45) is 5.73 Å². The number of carbonyl (C=O) groups excluding carboxylic acids is 1. The van der Waals surface area contributed by atoms with Crippen LogP contribution in [-0.4, -0.2) is 10.9 Å². The Kier molecular flexibility index (Phi) is 5.94. The number of benzene rings is 1. The van der Waals surface area contributed by atoms with Gasteiger partial charge in [0.05, 0.1) is 5.69 Å². The van der Waals surface area contributed by atoms with Gasteiger partial charge in [-0.05, 0) is 31.2 Å². The lowest BCUT2D eigenvalue weighted by Gasteiger charge is -2.10. The standard InChI is InChI=1S/C16H19N3OS.ClH/c17-12(11-6-2-1-3-7-11)10-15(20)19-16-18-13-8-4-5-9-14(13)21-16;/h1-3,6-7,12H,4-5,8-10,17H2,(H,18,19,20);1H. The molecule has 1 unspecified atom stereocenters. The van der Waals surface area contributed by atoms with E-state index >= 15 is 0 Å². The van der Waals surface area contributed by atoms with E-state index in [9.17, 15) is 4.79 Å². The first-order valence-corrected chi connectivity index (χ1v) is 8.13. The number of carbonyl (C=O) groups is 1. The van der Waals surface area contributed by atoms with Crippen molar-refractivity contribution in [1.29, 1.82) is 0 Å². The molecule has 22 heavy (non-hydrogen) atoms. The highest BCUT2D eigenvalue weighted by Gasteiger charge is 2.17. The Hall–Kier alpha value is -1.43. The second kappa shape index (κ2) is 7.72. The molecule has 0 saturated carbocycles. The van der Waals surface area contributed by atoms with E-state index in [1.165, 1.54) is 17.7 Å². The van der Waals surface area contributed by atoms with Gasteiger partial charge in [-0.3, -0.25) is 4.79 Å². The molecule has 0 saturated heterocycles. The molecule has 1 aliphatic rings. The van der Waals surface area contributed by atoms with E-state index in [-0.39, 0.29) is 30.8 Å². The van der Waals surface area contributed by atoms with Crippen LogP contribution in [0.15, 0.2) is 30.3 Å². The summed E-state index contributed by atoms with van der Waals surface area (Å²) in [5.74, 6) is -0.0718. The number of hydrogen-bond acceptors (Lipinski definition) is 4. The van der Waals surface area contributed by atoms with Crippen LogP contribution in [0.3, 0.4) is 0 Å². The number of nitrogens with two attached hydrogens (primary N) is 1. The van der Waals surface area contributed by atoms with Crippen LogP contribution in [0.1, 0.15) is 41.4 Å². The fourth-order valence-electron chi connectivity index (χ4n) is 2.59. The number of fused-ring (bicyclic) bond motifs is 1. The molecule has 118 valence electrons. The summed E-state index contributed by atoms with van der Waals surface area (Å²) in [6.07, 6.45) is 4.82. The Balaban J connectivity index is 0.00000176. The number of nitrogens with one attached hydrogen (secondary N) is 1. The van der Waals surface area contributed by atoms with E-state index in [1.54, 1.807) is 11.3 Å². The summed E-state index contributed by atoms with van der Waals surface area (Å²) in [6.45, 7) is 0. The van der Waals surface area contributed by atoms with Crippen molar-refractivity contribution in [1.82, 2.24) is 4.98 Å². The molecule has 4 nitrogen and oxygen atoms in total. The fraction of sp³-hybridized carbons (Fsp3) is 0.375. The van der Waals surface area contributed by atoms with Crippen molar-refractivity contribution in [3.05, 3.63) is 46.5 Å². The van der Waals surface area contributed by atoms with Gasteiger partial charge in [-0.2, -0.15) is 0 Å². The van der Waals surface area contributed by atoms with E-state index < -0.39 is 0 Å². The monoisotopic (exact) mass is 337 g/mol. The predicted molar refractivity (Wildman–Crippen MR) is 92.6 cm³/mol. The molecule has 1 amide bonds. The van der Waals surface area contributed by atoms with Crippen LogP contribution in [0.25, 0.3) is 0 Å². The van der Waals surface area contributed by atoms with Crippen LogP contribution >= 0.6 is 23.7 Å². The maximum atomic E-state index is 12.1. The topological polar surface area (TPSA) is 68.0 Å². The number of hydrogen-bond donors (Lipinski definition) is 2. The molecule has 0 radical (unpaired) electrons. The highest BCUT2D eigenvalue weighted by atomic mass is 35.5. The normalized spacial score (nSPS) is 14.6. The van der Waals surface area contributed by atoms with Crippen molar-refractivity contribution in [3.8, 4) is 0 Å². The van der Waals surface area contributed by atoms with Gasteiger partial charge in [-0.15, -0.1) is 23.7 Å². The van der Waals surface area contributed by atoms with E-state index in [4.69, 9.17) is 5.73 Å². The summed E-state index contributed by atoms with van der Waals surface area (Å²) in [5, 5.41) is 3.60. The first kappa shape index (κ1) is 16.9. The number of aromatic nitrogens is 1. The van der Waals surface area contributed by atoms with Crippen LogP contribution in [0.5, 0.6) is 0 Å². The van der Waals surface area contributed by atoms with E-state index in [0.29, 0.717) is 5.13 Å². The zero-order valence-corrected chi connectivity index (χ0v) is 13.9.